The van der Waals surface area contributed by atoms with Gasteiger partial charge in [0.2, 0.25) is 0 Å². The number of piperazine rings is 1. The Balaban J connectivity index is 1.47. The van der Waals surface area contributed by atoms with E-state index in [2.05, 4.69) is 39.6 Å². The summed E-state index contributed by atoms with van der Waals surface area (Å²) in [6.45, 7) is 6.09. The summed E-state index contributed by atoms with van der Waals surface area (Å²) >= 11 is 0. The fourth-order valence-corrected chi connectivity index (χ4v) is 3.46. The Labute approximate surface area is 164 Å². The molecule has 2 aliphatic heterocycles. The molecule has 0 radical (unpaired) electrons. The molecule has 28 heavy (non-hydrogen) atoms. The molecular formula is C21H24N4O3. The van der Waals surface area contributed by atoms with Crippen LogP contribution >= 0.6 is 0 Å². The zero-order chi connectivity index (χ0) is 19.7. The highest BCUT2D eigenvalue weighted by Gasteiger charge is 2.19. The van der Waals surface area contributed by atoms with Crippen molar-refractivity contribution in [3.8, 4) is 5.75 Å². The number of rotatable bonds is 3. The van der Waals surface area contributed by atoms with Crippen LogP contribution in [0.4, 0.5) is 17.1 Å². The highest BCUT2D eigenvalue weighted by molar-refractivity contribution is 6.06. The second-order valence-electron chi connectivity index (χ2n) is 7.29. The zero-order valence-electron chi connectivity index (χ0n) is 16.1. The monoisotopic (exact) mass is 380 g/mol. The minimum Gasteiger partial charge on any atom is -0.482 e. The lowest BCUT2D eigenvalue weighted by molar-refractivity contribution is -0.118. The summed E-state index contributed by atoms with van der Waals surface area (Å²) < 4.78 is 5.39. The van der Waals surface area contributed by atoms with Crippen LogP contribution in [-0.4, -0.2) is 56.5 Å². The van der Waals surface area contributed by atoms with Crippen LogP contribution < -0.4 is 20.3 Å². The first-order chi connectivity index (χ1) is 13.5. The summed E-state index contributed by atoms with van der Waals surface area (Å²) in [5.41, 5.74) is 4.06. The average molecular weight is 380 g/mol. The number of nitrogens with zero attached hydrogens (tertiary/aromatic N) is 2. The third kappa shape index (κ3) is 3.80. The van der Waals surface area contributed by atoms with Crippen molar-refractivity contribution in [3.63, 3.8) is 0 Å². The Bertz CT molecular complexity index is 920. The Kier molecular flexibility index (Phi) is 4.92. The minimum atomic E-state index is -0.209. The van der Waals surface area contributed by atoms with Crippen LogP contribution in [-0.2, 0) is 4.79 Å². The molecule has 7 nitrogen and oxygen atoms in total. The molecule has 0 unspecified atom stereocenters. The van der Waals surface area contributed by atoms with E-state index in [0.717, 1.165) is 37.4 Å². The average Bonchev–Trinajstić information content (AvgIpc) is 2.69. The highest BCUT2D eigenvalue weighted by atomic mass is 16.5. The molecule has 2 aromatic carbocycles. The van der Waals surface area contributed by atoms with Gasteiger partial charge >= 0.3 is 0 Å². The van der Waals surface area contributed by atoms with Crippen LogP contribution in [0.2, 0.25) is 0 Å². The van der Waals surface area contributed by atoms with Gasteiger partial charge in [0.25, 0.3) is 11.8 Å². The maximum atomic E-state index is 12.7. The van der Waals surface area contributed by atoms with E-state index in [1.54, 1.807) is 18.2 Å². The first-order valence-corrected chi connectivity index (χ1v) is 9.42. The number of aryl methyl sites for hydroxylation is 1. The van der Waals surface area contributed by atoms with E-state index < -0.39 is 0 Å². The smallest absolute Gasteiger partial charge is 0.262 e. The molecule has 0 atom stereocenters. The van der Waals surface area contributed by atoms with Gasteiger partial charge in [-0.1, -0.05) is 0 Å². The van der Waals surface area contributed by atoms with Crippen LogP contribution in [0.1, 0.15) is 15.9 Å². The number of hydrogen-bond acceptors (Lipinski definition) is 5. The number of amides is 2. The van der Waals surface area contributed by atoms with Crippen molar-refractivity contribution in [1.82, 2.24) is 4.90 Å². The molecular weight excluding hydrogens is 356 g/mol. The molecule has 1 fully saturated rings. The van der Waals surface area contributed by atoms with Gasteiger partial charge in [0, 0.05) is 43.1 Å². The second-order valence-corrected chi connectivity index (χ2v) is 7.29. The lowest BCUT2D eigenvalue weighted by Gasteiger charge is -2.34. The van der Waals surface area contributed by atoms with E-state index in [-0.39, 0.29) is 18.4 Å². The molecule has 1 saturated heterocycles. The van der Waals surface area contributed by atoms with E-state index in [9.17, 15) is 9.59 Å². The molecule has 4 rings (SSSR count). The number of benzene rings is 2. The van der Waals surface area contributed by atoms with Crippen molar-refractivity contribution in [3.05, 3.63) is 47.5 Å². The molecule has 2 aromatic rings. The molecule has 2 N–H and O–H groups in total. The number of anilines is 3. The fraction of sp³-hybridized carbons (Fsp3) is 0.333. The third-order valence-electron chi connectivity index (χ3n) is 5.20. The van der Waals surface area contributed by atoms with E-state index in [4.69, 9.17) is 4.74 Å². The largest absolute Gasteiger partial charge is 0.482 e. The lowest BCUT2D eigenvalue weighted by atomic mass is 10.1. The second kappa shape index (κ2) is 7.52. The van der Waals surface area contributed by atoms with Crippen molar-refractivity contribution in [1.29, 1.82) is 0 Å². The van der Waals surface area contributed by atoms with E-state index in [1.807, 2.05) is 13.0 Å². The van der Waals surface area contributed by atoms with E-state index in [0.29, 0.717) is 17.0 Å². The van der Waals surface area contributed by atoms with Gasteiger partial charge in [-0.3, -0.25) is 9.59 Å². The van der Waals surface area contributed by atoms with Crippen LogP contribution in [0.5, 0.6) is 5.75 Å². The van der Waals surface area contributed by atoms with E-state index in [1.165, 1.54) is 5.69 Å². The van der Waals surface area contributed by atoms with E-state index >= 15 is 0 Å². The zero-order valence-corrected chi connectivity index (χ0v) is 16.1. The van der Waals surface area contributed by atoms with Crippen molar-refractivity contribution < 1.29 is 14.3 Å². The standard InChI is InChI=1S/C21H24N4O3/c1-14-11-16(25-9-7-24(2)8-10-25)4-6-17(14)23-21(27)15-3-5-18-19(12-15)28-13-20(26)22-18/h3-6,11-12H,7-10,13H2,1-2H3,(H,22,26)(H,23,27). The van der Waals surface area contributed by atoms with Gasteiger partial charge in [-0.05, 0) is 55.9 Å². The SMILES string of the molecule is Cc1cc(N2CCN(C)CC2)ccc1NC(=O)c1ccc2c(c1)OCC(=O)N2. The summed E-state index contributed by atoms with van der Waals surface area (Å²) in [7, 11) is 2.14. The summed E-state index contributed by atoms with van der Waals surface area (Å²) in [6.07, 6.45) is 0. The third-order valence-corrected chi connectivity index (χ3v) is 5.20. The van der Waals surface area contributed by atoms with Gasteiger partial charge in [0.1, 0.15) is 5.75 Å². The molecule has 2 aliphatic rings. The Morgan fingerprint density at radius 1 is 1.11 bits per heavy atom. The van der Waals surface area contributed by atoms with Gasteiger partial charge in [-0.2, -0.15) is 0 Å². The molecule has 0 spiro atoms. The maximum absolute atomic E-state index is 12.7. The number of ether oxygens (including phenoxy) is 1. The van der Waals surface area contributed by atoms with Gasteiger partial charge in [-0.25, -0.2) is 0 Å². The highest BCUT2D eigenvalue weighted by Crippen LogP contribution is 2.29. The Hall–Kier alpha value is -3.06. The van der Waals surface area contributed by atoms with Crippen LogP contribution in [0.3, 0.4) is 0 Å². The van der Waals surface area contributed by atoms with Crippen LogP contribution in [0, 0.1) is 6.92 Å². The molecule has 7 heteroatoms. The number of carbonyl (C=O) groups is 2. The summed E-state index contributed by atoms with van der Waals surface area (Å²) in [5, 5.41) is 5.69. The van der Waals surface area contributed by atoms with Gasteiger partial charge in [0.05, 0.1) is 5.69 Å². The predicted octanol–water partition coefficient (Wildman–Crippen LogP) is 2.33. The quantitative estimate of drug-likeness (QED) is 0.855. The number of hydrogen-bond donors (Lipinski definition) is 2. The topological polar surface area (TPSA) is 73.9 Å². The summed E-state index contributed by atoms with van der Waals surface area (Å²) in [4.78, 5) is 28.7. The fourth-order valence-electron chi connectivity index (χ4n) is 3.46. The maximum Gasteiger partial charge on any atom is 0.262 e. The van der Waals surface area contributed by atoms with Gasteiger partial charge in [0.15, 0.2) is 6.61 Å². The summed E-state index contributed by atoms with van der Waals surface area (Å²) in [5.74, 6) is 0.105. The molecule has 2 heterocycles. The number of nitrogens with one attached hydrogen (secondary N) is 2. The van der Waals surface area contributed by atoms with Crippen molar-refractivity contribution >= 4 is 28.9 Å². The van der Waals surface area contributed by atoms with Crippen molar-refractivity contribution in [2.75, 3.05) is 55.4 Å². The number of fused-ring (bicyclic) bond motifs is 1. The number of likely N-dealkylation sites (N-methyl/N-ethyl adjacent to an activating group) is 1. The Morgan fingerprint density at radius 2 is 1.89 bits per heavy atom. The molecule has 146 valence electrons. The van der Waals surface area contributed by atoms with Crippen LogP contribution in [0.25, 0.3) is 0 Å². The van der Waals surface area contributed by atoms with Crippen molar-refractivity contribution in [2.45, 2.75) is 6.92 Å². The van der Waals surface area contributed by atoms with Crippen LogP contribution in [0.15, 0.2) is 36.4 Å². The van der Waals surface area contributed by atoms with Crippen molar-refractivity contribution in [2.24, 2.45) is 0 Å². The normalized spacial score (nSPS) is 16.8. The Morgan fingerprint density at radius 3 is 2.64 bits per heavy atom. The molecule has 0 saturated carbocycles. The first-order valence-electron chi connectivity index (χ1n) is 9.42. The predicted molar refractivity (Wildman–Crippen MR) is 109 cm³/mol. The summed E-state index contributed by atoms with van der Waals surface area (Å²) in [6, 6.07) is 11.1. The molecule has 0 aliphatic carbocycles. The molecule has 0 aromatic heterocycles. The minimum absolute atomic E-state index is 0.0368. The molecule has 2 amide bonds. The van der Waals surface area contributed by atoms with Gasteiger partial charge in [-0.15, -0.1) is 0 Å². The first kappa shape index (κ1) is 18.3. The number of carbonyl (C=O) groups excluding carboxylic acids is 2. The molecule has 0 bridgehead atoms. The lowest BCUT2D eigenvalue weighted by Crippen LogP contribution is -2.44. The van der Waals surface area contributed by atoms with Gasteiger partial charge < -0.3 is 25.2 Å².